The Kier molecular flexibility index (Phi) is 10.3. The number of benzene rings is 2. The van der Waals surface area contributed by atoms with Crippen LogP contribution in [-0.4, -0.2) is 62.7 Å². The zero-order valence-electron chi connectivity index (χ0n) is 27.7. The minimum Gasteiger partial charge on any atom is -0.444 e. The highest BCUT2D eigenvalue weighted by Crippen LogP contribution is 2.30. The van der Waals surface area contributed by atoms with Crippen LogP contribution in [0.2, 0.25) is 0 Å². The lowest BCUT2D eigenvalue weighted by molar-refractivity contribution is 0.0499. The summed E-state index contributed by atoms with van der Waals surface area (Å²) in [5.41, 5.74) is 5.81. The number of imidazole rings is 2. The number of amides is 1. The van der Waals surface area contributed by atoms with E-state index < -0.39 is 11.7 Å². The van der Waals surface area contributed by atoms with Gasteiger partial charge in [-0.15, -0.1) is 0 Å². The third-order valence-corrected chi connectivity index (χ3v) is 8.42. The summed E-state index contributed by atoms with van der Waals surface area (Å²) in [6, 6.07) is 16.8. The van der Waals surface area contributed by atoms with Gasteiger partial charge in [0, 0.05) is 5.54 Å². The highest BCUT2D eigenvalue weighted by Gasteiger charge is 2.28. The van der Waals surface area contributed by atoms with E-state index in [9.17, 15) is 4.79 Å². The minimum absolute atomic E-state index is 0.0942. The van der Waals surface area contributed by atoms with Crippen LogP contribution in [0.5, 0.6) is 0 Å². The summed E-state index contributed by atoms with van der Waals surface area (Å²) in [5, 5.41) is 6.09. The maximum Gasteiger partial charge on any atom is 0.408 e. The van der Waals surface area contributed by atoms with E-state index in [-0.39, 0.29) is 17.6 Å². The van der Waals surface area contributed by atoms with Crippen molar-refractivity contribution < 1.29 is 9.53 Å². The van der Waals surface area contributed by atoms with Crippen molar-refractivity contribution in [2.75, 3.05) is 20.6 Å². The van der Waals surface area contributed by atoms with E-state index in [4.69, 9.17) is 9.72 Å². The number of rotatable bonds is 12. The van der Waals surface area contributed by atoms with Crippen LogP contribution in [-0.2, 0) is 4.74 Å². The van der Waals surface area contributed by atoms with Crippen LogP contribution in [0.3, 0.4) is 0 Å². The first-order chi connectivity index (χ1) is 20.8. The van der Waals surface area contributed by atoms with Gasteiger partial charge in [0.05, 0.1) is 35.9 Å². The minimum atomic E-state index is -0.571. The number of ether oxygens (including phenoxy) is 1. The molecule has 9 heteroatoms. The summed E-state index contributed by atoms with van der Waals surface area (Å²) in [4.78, 5) is 31.0. The monoisotopic (exact) mass is 599 g/mol. The van der Waals surface area contributed by atoms with Crippen molar-refractivity contribution in [3.63, 3.8) is 0 Å². The maximum atomic E-state index is 12.4. The zero-order valence-corrected chi connectivity index (χ0v) is 27.7. The molecule has 0 saturated carbocycles. The number of aromatic amines is 2. The molecular weight excluding hydrogens is 550 g/mol. The van der Waals surface area contributed by atoms with Crippen molar-refractivity contribution in [2.24, 2.45) is 0 Å². The standard InChI is InChI=1S/C35H49N7O2/c1-10-35(6,7)42(9)23(2)31-37-21-29(39-31)26-15-11-24(12-16-26)25-13-17-27(18-14-25)30-22-38-32(40-30)28(19-20-36-8)41-33(43)44-34(3,4)5/h11-18,21-23,28,36H,10,19-20H2,1-9H3,(H,37,39)(H,38,40)(H,41,43). The average molecular weight is 600 g/mol. The highest BCUT2D eigenvalue weighted by atomic mass is 16.6. The average Bonchev–Trinajstić information content (AvgIpc) is 3.69. The van der Waals surface area contributed by atoms with Gasteiger partial charge in [0.1, 0.15) is 17.2 Å². The zero-order chi connectivity index (χ0) is 32.1. The molecule has 0 spiro atoms. The molecule has 2 heterocycles. The van der Waals surface area contributed by atoms with E-state index in [1.54, 1.807) is 0 Å². The van der Waals surface area contributed by atoms with Crippen LogP contribution in [0, 0.1) is 0 Å². The van der Waals surface area contributed by atoms with Crippen molar-refractivity contribution in [1.29, 1.82) is 0 Å². The van der Waals surface area contributed by atoms with E-state index >= 15 is 0 Å². The molecule has 0 aliphatic carbocycles. The predicted octanol–water partition coefficient (Wildman–Crippen LogP) is 7.49. The first kappa shape index (κ1) is 33.0. The number of hydrogen-bond donors (Lipinski definition) is 4. The molecule has 4 rings (SSSR count). The first-order valence-electron chi connectivity index (χ1n) is 15.5. The van der Waals surface area contributed by atoms with Gasteiger partial charge < -0.3 is 25.3 Å². The molecule has 2 aromatic carbocycles. The molecule has 0 saturated heterocycles. The molecule has 236 valence electrons. The van der Waals surface area contributed by atoms with Crippen LogP contribution in [0.15, 0.2) is 60.9 Å². The number of aromatic nitrogens is 4. The number of carbonyl (C=O) groups excluding carboxylic acids is 1. The van der Waals surface area contributed by atoms with Crippen LogP contribution in [0.4, 0.5) is 4.79 Å². The normalized spacial score (nSPS) is 13.6. The van der Waals surface area contributed by atoms with Gasteiger partial charge >= 0.3 is 6.09 Å². The van der Waals surface area contributed by atoms with Gasteiger partial charge in [-0.25, -0.2) is 14.8 Å². The maximum absolute atomic E-state index is 12.4. The molecule has 2 atom stereocenters. The van der Waals surface area contributed by atoms with Gasteiger partial charge in [0.15, 0.2) is 0 Å². The summed E-state index contributed by atoms with van der Waals surface area (Å²) in [5.74, 6) is 1.66. The molecule has 4 N–H and O–H groups in total. The first-order valence-corrected chi connectivity index (χ1v) is 15.5. The predicted molar refractivity (Wildman–Crippen MR) is 178 cm³/mol. The Balaban J connectivity index is 1.44. The van der Waals surface area contributed by atoms with Crippen molar-refractivity contribution in [3.05, 3.63) is 72.6 Å². The van der Waals surface area contributed by atoms with Crippen LogP contribution in [0.25, 0.3) is 33.6 Å². The molecule has 1 amide bonds. The van der Waals surface area contributed by atoms with Crippen LogP contribution < -0.4 is 10.6 Å². The lowest BCUT2D eigenvalue weighted by Gasteiger charge is -2.38. The fraction of sp³-hybridized carbons (Fsp3) is 0.457. The Labute approximate surface area is 262 Å². The molecule has 44 heavy (non-hydrogen) atoms. The number of nitrogens with zero attached hydrogens (tertiary/aromatic N) is 3. The molecule has 0 radical (unpaired) electrons. The second kappa shape index (κ2) is 13.8. The molecule has 2 unspecified atom stereocenters. The van der Waals surface area contributed by atoms with Gasteiger partial charge in [-0.3, -0.25) is 4.90 Å². The van der Waals surface area contributed by atoms with Gasteiger partial charge in [-0.05, 0) is 97.3 Å². The quantitative estimate of drug-likeness (QED) is 0.134. The van der Waals surface area contributed by atoms with Gasteiger partial charge in [0.2, 0.25) is 0 Å². The van der Waals surface area contributed by atoms with Gasteiger partial charge in [-0.1, -0.05) is 55.5 Å². The van der Waals surface area contributed by atoms with Crippen molar-refractivity contribution in [1.82, 2.24) is 35.5 Å². The number of nitrogens with one attached hydrogen (secondary N) is 4. The third kappa shape index (κ3) is 8.15. The Morgan fingerprint density at radius 2 is 1.34 bits per heavy atom. The van der Waals surface area contributed by atoms with Crippen LogP contribution in [0.1, 0.15) is 85.0 Å². The van der Waals surface area contributed by atoms with Crippen molar-refractivity contribution in [2.45, 2.75) is 84.5 Å². The van der Waals surface area contributed by atoms with Crippen molar-refractivity contribution in [3.8, 4) is 33.6 Å². The fourth-order valence-corrected chi connectivity index (χ4v) is 5.01. The number of alkyl carbamates (subject to hydrolysis) is 1. The van der Waals surface area contributed by atoms with E-state index in [0.717, 1.165) is 52.4 Å². The SMILES string of the molecule is CCC(C)(C)N(C)C(C)c1ncc(-c2ccc(-c3ccc(-c4cnc(C(CCNC)NC(=O)OC(C)(C)C)[nH]4)cc3)cc2)[nH]1. The molecule has 0 aliphatic rings. The molecule has 0 bridgehead atoms. The topological polar surface area (TPSA) is 111 Å². The number of H-pyrrole nitrogens is 2. The van der Waals surface area contributed by atoms with E-state index in [0.29, 0.717) is 12.2 Å². The lowest BCUT2D eigenvalue weighted by Crippen LogP contribution is -2.42. The van der Waals surface area contributed by atoms with E-state index in [1.807, 2.05) is 40.2 Å². The summed E-state index contributed by atoms with van der Waals surface area (Å²) in [6.07, 6.45) is 5.01. The molecule has 4 aromatic rings. The largest absolute Gasteiger partial charge is 0.444 e. The molecule has 9 nitrogen and oxygen atoms in total. The molecule has 0 aliphatic heterocycles. The number of carbonyl (C=O) groups is 1. The Hall–Kier alpha value is -3.95. The van der Waals surface area contributed by atoms with Gasteiger partial charge in [-0.2, -0.15) is 0 Å². The fourth-order valence-electron chi connectivity index (χ4n) is 5.01. The highest BCUT2D eigenvalue weighted by molar-refractivity contribution is 5.72. The summed E-state index contributed by atoms with van der Waals surface area (Å²) in [7, 11) is 4.04. The lowest BCUT2D eigenvalue weighted by atomic mass is 9.98. The summed E-state index contributed by atoms with van der Waals surface area (Å²) in [6.45, 7) is 15.2. The van der Waals surface area contributed by atoms with Gasteiger partial charge in [0.25, 0.3) is 0 Å². The Morgan fingerprint density at radius 1 is 0.864 bits per heavy atom. The van der Waals surface area contributed by atoms with Crippen LogP contribution >= 0.6 is 0 Å². The Morgan fingerprint density at radius 3 is 1.82 bits per heavy atom. The van der Waals surface area contributed by atoms with Crippen molar-refractivity contribution >= 4 is 6.09 Å². The van der Waals surface area contributed by atoms with E-state index in [2.05, 4.69) is 114 Å². The summed E-state index contributed by atoms with van der Waals surface area (Å²) >= 11 is 0. The molecule has 2 aromatic heterocycles. The molecular formula is C35H49N7O2. The molecule has 0 fully saturated rings. The smallest absolute Gasteiger partial charge is 0.408 e. The third-order valence-electron chi connectivity index (χ3n) is 8.42. The second-order valence-corrected chi connectivity index (χ2v) is 13.1. The summed E-state index contributed by atoms with van der Waals surface area (Å²) < 4.78 is 5.46. The van der Waals surface area contributed by atoms with E-state index in [1.165, 1.54) is 0 Å². The second-order valence-electron chi connectivity index (χ2n) is 13.1. The number of hydrogen-bond acceptors (Lipinski definition) is 6. The Bertz CT molecular complexity index is 1500.